The Morgan fingerprint density at radius 1 is 1.11 bits per heavy atom. The van der Waals surface area contributed by atoms with Gasteiger partial charge in [0.05, 0.1) is 23.3 Å². The zero-order valence-electron chi connectivity index (χ0n) is 21.2. The number of amides is 1. The van der Waals surface area contributed by atoms with Crippen molar-refractivity contribution in [3.05, 3.63) is 74.9 Å². The van der Waals surface area contributed by atoms with Gasteiger partial charge >= 0.3 is 5.97 Å². The van der Waals surface area contributed by atoms with Crippen LogP contribution in [-0.2, 0) is 22.4 Å². The molecule has 0 spiro atoms. The first-order chi connectivity index (χ1) is 18.5. The fourth-order valence-electron chi connectivity index (χ4n) is 4.52. The van der Waals surface area contributed by atoms with E-state index in [-0.39, 0.29) is 23.2 Å². The summed E-state index contributed by atoms with van der Waals surface area (Å²) >= 11 is 2.61. The predicted molar refractivity (Wildman–Crippen MR) is 153 cm³/mol. The van der Waals surface area contributed by atoms with E-state index in [1.165, 1.54) is 47.1 Å². The second kappa shape index (κ2) is 12.0. The van der Waals surface area contributed by atoms with Gasteiger partial charge in [0.15, 0.2) is 5.16 Å². The van der Waals surface area contributed by atoms with Gasteiger partial charge < -0.3 is 15.0 Å². The molecular weight excluding hydrogens is 518 g/mol. The maximum absolute atomic E-state index is 13.0. The van der Waals surface area contributed by atoms with Crippen molar-refractivity contribution >= 4 is 50.9 Å². The lowest BCUT2D eigenvalue weighted by atomic mass is 9.89. The number of carbonyl (C=O) groups excluding carboxylic acids is 2. The molecule has 0 unspecified atom stereocenters. The summed E-state index contributed by atoms with van der Waals surface area (Å²) in [5, 5.41) is 5.79. The summed E-state index contributed by atoms with van der Waals surface area (Å²) < 4.78 is 5.20. The van der Waals surface area contributed by atoms with E-state index in [1.54, 1.807) is 24.3 Å². The molecule has 0 atom stereocenters. The summed E-state index contributed by atoms with van der Waals surface area (Å²) in [6.07, 6.45) is 6.42. The van der Waals surface area contributed by atoms with Gasteiger partial charge in [0, 0.05) is 16.6 Å². The highest BCUT2D eigenvalue weighted by atomic mass is 32.2. The number of nitrogens with one attached hydrogen (secondary N) is 2. The number of aromatic amines is 1. The molecule has 4 aromatic rings. The lowest BCUT2D eigenvalue weighted by molar-refractivity contribution is -0.113. The minimum Gasteiger partial charge on any atom is -0.462 e. The molecule has 2 heterocycles. The third kappa shape index (κ3) is 6.00. The van der Waals surface area contributed by atoms with E-state index < -0.39 is 0 Å². The number of esters is 1. The SMILES string of the molecule is CCCCOC(=O)c1ccc(NC(=O)CSc2nc3scc(-c4ccc5c(c4)CCCC5)c3c(=O)[nH]2)cc1. The molecule has 2 aromatic heterocycles. The quantitative estimate of drug-likeness (QED) is 0.112. The minimum atomic E-state index is -0.374. The number of hydrogen-bond acceptors (Lipinski definition) is 7. The number of carbonyl (C=O) groups is 2. The van der Waals surface area contributed by atoms with Crippen molar-refractivity contribution in [2.75, 3.05) is 17.7 Å². The number of thiophene rings is 1. The highest BCUT2D eigenvalue weighted by Gasteiger charge is 2.16. The molecule has 1 aliphatic rings. The molecule has 0 radical (unpaired) electrons. The molecule has 2 N–H and O–H groups in total. The van der Waals surface area contributed by atoms with Crippen LogP contribution >= 0.6 is 23.1 Å². The zero-order chi connectivity index (χ0) is 26.5. The molecule has 196 valence electrons. The molecule has 0 saturated heterocycles. The Morgan fingerprint density at radius 3 is 2.68 bits per heavy atom. The van der Waals surface area contributed by atoms with Gasteiger partial charge in [-0.15, -0.1) is 11.3 Å². The van der Waals surface area contributed by atoms with Crippen LogP contribution in [0.25, 0.3) is 21.3 Å². The lowest BCUT2D eigenvalue weighted by Gasteiger charge is -2.16. The second-order valence-electron chi connectivity index (χ2n) is 9.29. The smallest absolute Gasteiger partial charge is 0.338 e. The van der Waals surface area contributed by atoms with Crippen LogP contribution in [0.5, 0.6) is 0 Å². The van der Waals surface area contributed by atoms with E-state index in [2.05, 4.69) is 33.5 Å². The van der Waals surface area contributed by atoms with Crippen LogP contribution in [0, 0.1) is 0 Å². The normalized spacial score (nSPS) is 12.8. The van der Waals surface area contributed by atoms with Crippen molar-refractivity contribution < 1.29 is 14.3 Å². The number of thioether (sulfide) groups is 1. The van der Waals surface area contributed by atoms with Crippen LogP contribution in [-0.4, -0.2) is 34.2 Å². The van der Waals surface area contributed by atoms with Crippen molar-refractivity contribution in [1.29, 1.82) is 0 Å². The molecule has 2 aromatic carbocycles. The van der Waals surface area contributed by atoms with Crippen LogP contribution in [0.15, 0.2) is 57.8 Å². The summed E-state index contributed by atoms with van der Waals surface area (Å²) in [5.74, 6) is -0.532. The fourth-order valence-corrected chi connectivity index (χ4v) is 6.19. The van der Waals surface area contributed by atoms with Crippen molar-refractivity contribution in [2.45, 2.75) is 50.6 Å². The average molecular weight is 548 g/mol. The Kier molecular flexibility index (Phi) is 8.24. The van der Waals surface area contributed by atoms with Crippen molar-refractivity contribution in [3.8, 4) is 11.1 Å². The summed E-state index contributed by atoms with van der Waals surface area (Å²) in [4.78, 5) is 45.6. The van der Waals surface area contributed by atoms with Crippen LogP contribution in [0.3, 0.4) is 0 Å². The van der Waals surface area contributed by atoms with Crippen LogP contribution in [0.2, 0.25) is 0 Å². The number of aromatic nitrogens is 2. The molecule has 0 aliphatic heterocycles. The van der Waals surface area contributed by atoms with Gasteiger partial charge in [0.25, 0.3) is 5.56 Å². The Bertz CT molecular complexity index is 1530. The van der Waals surface area contributed by atoms with Crippen molar-refractivity contribution in [1.82, 2.24) is 9.97 Å². The minimum absolute atomic E-state index is 0.0817. The zero-order valence-corrected chi connectivity index (χ0v) is 22.8. The maximum atomic E-state index is 13.0. The van der Waals surface area contributed by atoms with Gasteiger partial charge in [-0.25, -0.2) is 9.78 Å². The molecule has 1 amide bonds. The number of fused-ring (bicyclic) bond motifs is 2. The third-order valence-corrected chi connectivity index (χ3v) is 8.30. The summed E-state index contributed by atoms with van der Waals surface area (Å²) in [7, 11) is 0. The number of unbranched alkanes of at least 4 members (excludes halogenated alkanes) is 1. The Hall–Kier alpha value is -3.43. The first-order valence-corrected chi connectivity index (χ1v) is 14.7. The third-order valence-electron chi connectivity index (χ3n) is 6.56. The monoisotopic (exact) mass is 547 g/mol. The standard InChI is InChI=1S/C29H29N3O4S2/c1-2-3-14-36-28(35)19-10-12-22(13-11-19)30-24(33)17-38-29-31-26(34)25-23(16-37-27(25)32-29)21-9-8-18-6-4-5-7-20(18)15-21/h8-13,15-16H,2-7,14,17H2,1H3,(H,30,33)(H,31,32,34). The summed E-state index contributed by atoms with van der Waals surface area (Å²) in [6.45, 7) is 2.43. The molecule has 7 nitrogen and oxygen atoms in total. The van der Waals surface area contributed by atoms with Gasteiger partial charge in [0.2, 0.25) is 5.91 Å². The number of aryl methyl sites for hydroxylation is 2. The second-order valence-corrected chi connectivity index (χ2v) is 11.1. The predicted octanol–water partition coefficient (Wildman–Crippen LogP) is 6.22. The Labute approximate surface area is 229 Å². The molecule has 9 heteroatoms. The number of ether oxygens (including phenoxy) is 1. The first kappa shape index (κ1) is 26.2. The molecule has 0 saturated carbocycles. The summed E-state index contributed by atoms with van der Waals surface area (Å²) in [6, 6.07) is 13.1. The van der Waals surface area contributed by atoms with E-state index >= 15 is 0 Å². The molecule has 1 aliphatic carbocycles. The van der Waals surface area contributed by atoms with Crippen LogP contribution in [0.1, 0.15) is 54.1 Å². The Morgan fingerprint density at radius 2 is 1.89 bits per heavy atom. The van der Waals surface area contributed by atoms with Crippen molar-refractivity contribution in [3.63, 3.8) is 0 Å². The van der Waals surface area contributed by atoms with E-state index in [9.17, 15) is 14.4 Å². The topological polar surface area (TPSA) is 101 Å². The largest absolute Gasteiger partial charge is 0.462 e. The van der Waals surface area contributed by atoms with Gasteiger partial charge in [-0.1, -0.05) is 43.3 Å². The average Bonchev–Trinajstić information content (AvgIpc) is 3.37. The van der Waals surface area contributed by atoms with E-state index in [4.69, 9.17) is 4.74 Å². The number of hydrogen-bond donors (Lipinski definition) is 2. The molecule has 5 rings (SSSR count). The number of rotatable bonds is 9. The highest BCUT2D eigenvalue weighted by Crippen LogP contribution is 2.34. The van der Waals surface area contributed by atoms with Crippen LogP contribution < -0.4 is 10.9 Å². The van der Waals surface area contributed by atoms with Gasteiger partial charge in [-0.3, -0.25) is 9.59 Å². The van der Waals surface area contributed by atoms with Crippen molar-refractivity contribution in [2.24, 2.45) is 0 Å². The number of anilines is 1. The first-order valence-electron chi connectivity index (χ1n) is 12.9. The molecule has 38 heavy (non-hydrogen) atoms. The van der Waals surface area contributed by atoms with Gasteiger partial charge in [-0.05, 0) is 73.1 Å². The molecular formula is C29H29N3O4S2. The number of benzene rings is 2. The lowest BCUT2D eigenvalue weighted by Crippen LogP contribution is -2.15. The number of nitrogens with zero attached hydrogens (tertiary/aromatic N) is 1. The molecule has 0 bridgehead atoms. The Balaban J connectivity index is 1.22. The number of H-pyrrole nitrogens is 1. The van der Waals surface area contributed by atoms with Gasteiger partial charge in [-0.2, -0.15) is 0 Å². The molecule has 0 fully saturated rings. The van der Waals surface area contributed by atoms with E-state index in [1.807, 2.05) is 12.3 Å². The highest BCUT2D eigenvalue weighted by molar-refractivity contribution is 7.99. The van der Waals surface area contributed by atoms with Crippen LogP contribution in [0.4, 0.5) is 5.69 Å². The van der Waals surface area contributed by atoms with E-state index in [0.717, 1.165) is 36.8 Å². The maximum Gasteiger partial charge on any atom is 0.338 e. The van der Waals surface area contributed by atoms with Gasteiger partial charge in [0.1, 0.15) is 4.83 Å². The fraction of sp³-hybridized carbons (Fsp3) is 0.310. The van der Waals surface area contributed by atoms with E-state index in [0.29, 0.717) is 33.2 Å². The summed E-state index contributed by atoms with van der Waals surface area (Å²) in [5.41, 5.74) is 5.54.